The zero-order chi connectivity index (χ0) is 15.1. The van der Waals surface area contributed by atoms with Gasteiger partial charge in [0.1, 0.15) is 11.8 Å². The Bertz CT molecular complexity index is 516. The Balaban J connectivity index is 2.85. The molecule has 0 aliphatic carbocycles. The molecule has 8 nitrogen and oxygen atoms in total. The first-order valence-corrected chi connectivity index (χ1v) is 5.58. The van der Waals surface area contributed by atoms with Gasteiger partial charge in [0, 0.05) is 6.20 Å². The first-order chi connectivity index (χ1) is 9.49. The number of hydrogen-bond acceptors (Lipinski definition) is 6. The quantitative estimate of drug-likeness (QED) is 0.696. The molecule has 0 spiro atoms. The second-order valence-electron chi connectivity index (χ2n) is 3.72. The van der Waals surface area contributed by atoms with E-state index in [-0.39, 0.29) is 11.3 Å². The van der Waals surface area contributed by atoms with Gasteiger partial charge >= 0.3 is 11.9 Å². The van der Waals surface area contributed by atoms with Crippen LogP contribution >= 0.6 is 0 Å². The van der Waals surface area contributed by atoms with Crippen molar-refractivity contribution in [3.05, 3.63) is 24.0 Å². The van der Waals surface area contributed by atoms with Crippen LogP contribution in [-0.2, 0) is 14.3 Å². The van der Waals surface area contributed by atoms with Crippen molar-refractivity contribution in [2.45, 2.75) is 12.5 Å². The Morgan fingerprint density at radius 2 is 2.10 bits per heavy atom. The fraction of sp³-hybridized carbons (Fsp3) is 0.333. The first-order valence-electron chi connectivity index (χ1n) is 5.58. The van der Waals surface area contributed by atoms with E-state index >= 15 is 0 Å². The molecule has 0 aromatic carbocycles. The van der Waals surface area contributed by atoms with Crippen molar-refractivity contribution in [1.29, 1.82) is 0 Å². The number of methoxy groups -OCH3 is 2. The van der Waals surface area contributed by atoms with Gasteiger partial charge in [-0.3, -0.25) is 14.6 Å². The summed E-state index contributed by atoms with van der Waals surface area (Å²) in [5.74, 6) is -2.55. The molecule has 0 fully saturated rings. The maximum absolute atomic E-state index is 12.0. The van der Waals surface area contributed by atoms with E-state index < -0.39 is 30.3 Å². The van der Waals surface area contributed by atoms with Crippen LogP contribution in [0.1, 0.15) is 16.8 Å². The number of nitrogens with one attached hydrogen (secondary N) is 1. The van der Waals surface area contributed by atoms with Gasteiger partial charge in [-0.25, -0.2) is 4.79 Å². The highest BCUT2D eigenvalue weighted by atomic mass is 16.5. The van der Waals surface area contributed by atoms with Crippen LogP contribution in [0.15, 0.2) is 18.5 Å². The van der Waals surface area contributed by atoms with E-state index in [0.29, 0.717) is 0 Å². The second kappa shape index (κ2) is 7.07. The maximum atomic E-state index is 12.0. The minimum Gasteiger partial charge on any atom is -0.494 e. The molecule has 0 unspecified atom stereocenters. The van der Waals surface area contributed by atoms with Gasteiger partial charge in [-0.15, -0.1) is 0 Å². The molecular formula is C12H14N2O6. The number of carboxylic acid groups (broad SMARTS) is 1. The number of carboxylic acids is 1. The Hall–Kier alpha value is -2.64. The van der Waals surface area contributed by atoms with Crippen LogP contribution < -0.4 is 10.1 Å². The molecule has 1 rings (SSSR count). The molecule has 1 atom stereocenters. The van der Waals surface area contributed by atoms with E-state index in [2.05, 4.69) is 15.0 Å². The highest BCUT2D eigenvalue weighted by molar-refractivity contribution is 5.99. The maximum Gasteiger partial charge on any atom is 0.326 e. The van der Waals surface area contributed by atoms with Crippen LogP contribution in [0.2, 0.25) is 0 Å². The summed E-state index contributed by atoms with van der Waals surface area (Å²) in [5.41, 5.74) is 0.124. The van der Waals surface area contributed by atoms with Gasteiger partial charge in [-0.1, -0.05) is 0 Å². The monoisotopic (exact) mass is 282 g/mol. The molecule has 8 heteroatoms. The smallest absolute Gasteiger partial charge is 0.326 e. The number of amides is 1. The summed E-state index contributed by atoms with van der Waals surface area (Å²) >= 11 is 0. The van der Waals surface area contributed by atoms with Gasteiger partial charge in [0.15, 0.2) is 0 Å². The van der Waals surface area contributed by atoms with Crippen LogP contribution in [0.5, 0.6) is 5.75 Å². The van der Waals surface area contributed by atoms with E-state index in [1.54, 1.807) is 0 Å². The van der Waals surface area contributed by atoms with Crippen molar-refractivity contribution in [3.63, 3.8) is 0 Å². The third kappa shape index (κ3) is 3.94. The molecule has 1 amide bonds. The normalized spacial score (nSPS) is 11.3. The lowest BCUT2D eigenvalue weighted by Gasteiger charge is -2.14. The molecule has 0 saturated heterocycles. The predicted octanol–water partition coefficient (Wildman–Crippen LogP) is -0.164. The zero-order valence-corrected chi connectivity index (χ0v) is 11.0. The standard InChI is InChI=1S/C12H14N2O6/c1-19-9-6-13-4-3-7(9)11(16)14-8(12(17)18)5-10(15)20-2/h3-4,6,8H,5H2,1-2H3,(H,14,16)(H,17,18)/t8-/m0/s1. The van der Waals surface area contributed by atoms with Crippen LogP contribution in [0.4, 0.5) is 0 Å². The van der Waals surface area contributed by atoms with Crippen molar-refractivity contribution >= 4 is 17.8 Å². The number of ether oxygens (including phenoxy) is 2. The van der Waals surface area contributed by atoms with Crippen molar-refractivity contribution in [2.75, 3.05) is 14.2 Å². The highest BCUT2D eigenvalue weighted by Gasteiger charge is 2.25. The summed E-state index contributed by atoms with van der Waals surface area (Å²) in [4.78, 5) is 37.9. The number of rotatable bonds is 6. The number of esters is 1. The van der Waals surface area contributed by atoms with Crippen LogP contribution in [0, 0.1) is 0 Å². The number of pyridine rings is 1. The lowest BCUT2D eigenvalue weighted by molar-refractivity contribution is -0.147. The Morgan fingerprint density at radius 1 is 1.40 bits per heavy atom. The van der Waals surface area contributed by atoms with Crippen molar-refractivity contribution in [3.8, 4) is 5.75 Å². The minimum absolute atomic E-state index is 0.124. The second-order valence-corrected chi connectivity index (χ2v) is 3.72. The van der Waals surface area contributed by atoms with Gasteiger partial charge in [0.2, 0.25) is 0 Å². The zero-order valence-electron chi connectivity index (χ0n) is 11.0. The molecule has 20 heavy (non-hydrogen) atoms. The summed E-state index contributed by atoms with van der Waals surface area (Å²) in [5, 5.41) is 11.2. The van der Waals surface area contributed by atoms with E-state index in [9.17, 15) is 14.4 Å². The molecular weight excluding hydrogens is 268 g/mol. The summed E-state index contributed by atoms with van der Waals surface area (Å²) in [7, 11) is 2.49. The molecule has 1 aromatic rings. The van der Waals surface area contributed by atoms with Crippen molar-refractivity contribution in [1.82, 2.24) is 10.3 Å². The summed E-state index contributed by atoms with van der Waals surface area (Å²) in [6, 6.07) is -0.00147. The Kier molecular flexibility index (Phi) is 5.45. The largest absolute Gasteiger partial charge is 0.494 e. The SMILES string of the molecule is COC(=O)C[C@H](NC(=O)c1ccncc1OC)C(=O)O. The first kappa shape index (κ1) is 15.4. The van der Waals surface area contributed by atoms with Crippen molar-refractivity contribution in [2.24, 2.45) is 0 Å². The highest BCUT2D eigenvalue weighted by Crippen LogP contribution is 2.15. The summed E-state index contributed by atoms with van der Waals surface area (Å²) in [6.07, 6.45) is 2.23. The average Bonchev–Trinajstić information content (AvgIpc) is 2.45. The molecule has 1 aromatic heterocycles. The van der Waals surface area contributed by atoms with Gasteiger partial charge in [0.05, 0.1) is 32.4 Å². The molecule has 0 aliphatic rings. The molecule has 2 N–H and O–H groups in total. The van der Waals surface area contributed by atoms with E-state index in [0.717, 1.165) is 7.11 Å². The molecule has 108 valence electrons. The third-order valence-electron chi connectivity index (χ3n) is 2.45. The van der Waals surface area contributed by atoms with E-state index in [4.69, 9.17) is 9.84 Å². The lowest BCUT2D eigenvalue weighted by atomic mass is 10.1. The van der Waals surface area contributed by atoms with Crippen LogP contribution in [-0.4, -0.2) is 48.2 Å². The average molecular weight is 282 g/mol. The van der Waals surface area contributed by atoms with Crippen LogP contribution in [0.25, 0.3) is 0 Å². The summed E-state index contributed by atoms with van der Waals surface area (Å²) < 4.78 is 9.32. The van der Waals surface area contributed by atoms with Gasteiger partial charge in [-0.05, 0) is 6.07 Å². The Labute approximate surface area is 114 Å². The number of aliphatic carboxylic acids is 1. The third-order valence-corrected chi connectivity index (χ3v) is 2.45. The van der Waals surface area contributed by atoms with Gasteiger partial charge in [-0.2, -0.15) is 0 Å². The predicted molar refractivity (Wildman–Crippen MR) is 66.3 cm³/mol. The number of aromatic nitrogens is 1. The van der Waals surface area contributed by atoms with Gasteiger partial charge in [0.25, 0.3) is 5.91 Å². The summed E-state index contributed by atoms with van der Waals surface area (Å²) in [6.45, 7) is 0. The van der Waals surface area contributed by atoms with Gasteiger partial charge < -0.3 is 19.9 Å². The molecule has 0 bridgehead atoms. The number of carbonyl (C=O) groups excluding carboxylic acids is 2. The van der Waals surface area contributed by atoms with E-state index in [1.165, 1.54) is 25.6 Å². The fourth-order valence-corrected chi connectivity index (χ4v) is 1.42. The molecule has 0 saturated carbocycles. The number of hydrogen-bond donors (Lipinski definition) is 2. The minimum atomic E-state index is -1.38. The molecule has 0 radical (unpaired) electrons. The van der Waals surface area contributed by atoms with Crippen LogP contribution in [0.3, 0.4) is 0 Å². The number of carbonyl (C=O) groups is 3. The molecule has 1 heterocycles. The Morgan fingerprint density at radius 3 is 2.65 bits per heavy atom. The van der Waals surface area contributed by atoms with Crippen molar-refractivity contribution < 1.29 is 29.0 Å². The van der Waals surface area contributed by atoms with E-state index in [1.807, 2.05) is 0 Å². The number of nitrogens with zero attached hydrogens (tertiary/aromatic N) is 1. The topological polar surface area (TPSA) is 115 Å². The lowest BCUT2D eigenvalue weighted by Crippen LogP contribution is -2.42. The fourth-order valence-electron chi connectivity index (χ4n) is 1.42. The molecule has 0 aliphatic heterocycles.